The standard InChI is InChI=1S/C20H19ClN4O2/c1-27-15-8-6-14(7-9-15)25-19-4-2-3-17(16(19)12-23-25)24-20(26)18-10-5-13(21)11-22-18/h5-12,17H,2-4H2,1H3,(H,24,26). The summed E-state index contributed by atoms with van der Waals surface area (Å²) < 4.78 is 7.16. The molecule has 4 rings (SSSR count). The van der Waals surface area contributed by atoms with Gasteiger partial charge in [0.15, 0.2) is 0 Å². The van der Waals surface area contributed by atoms with E-state index in [9.17, 15) is 4.79 Å². The van der Waals surface area contributed by atoms with Crippen molar-refractivity contribution in [1.82, 2.24) is 20.1 Å². The van der Waals surface area contributed by atoms with Gasteiger partial charge in [0.25, 0.3) is 5.91 Å². The van der Waals surface area contributed by atoms with E-state index >= 15 is 0 Å². The molecule has 1 amide bonds. The Morgan fingerprint density at radius 1 is 1.22 bits per heavy atom. The lowest BCUT2D eigenvalue weighted by Crippen LogP contribution is -2.31. The number of carbonyl (C=O) groups excluding carboxylic acids is 1. The van der Waals surface area contributed by atoms with Crippen molar-refractivity contribution in [2.45, 2.75) is 25.3 Å². The van der Waals surface area contributed by atoms with Gasteiger partial charge in [-0.15, -0.1) is 0 Å². The third-order valence-corrected chi connectivity index (χ3v) is 4.99. The van der Waals surface area contributed by atoms with Crippen molar-refractivity contribution >= 4 is 17.5 Å². The number of hydrogen-bond acceptors (Lipinski definition) is 4. The summed E-state index contributed by atoms with van der Waals surface area (Å²) in [7, 11) is 1.65. The number of ether oxygens (including phenoxy) is 1. The van der Waals surface area contributed by atoms with Gasteiger partial charge in [-0.05, 0) is 55.7 Å². The van der Waals surface area contributed by atoms with Crippen LogP contribution in [0.1, 0.15) is 40.6 Å². The van der Waals surface area contributed by atoms with Crippen molar-refractivity contribution < 1.29 is 9.53 Å². The van der Waals surface area contributed by atoms with Crippen molar-refractivity contribution in [3.63, 3.8) is 0 Å². The highest BCUT2D eigenvalue weighted by molar-refractivity contribution is 6.30. The van der Waals surface area contributed by atoms with E-state index in [2.05, 4.69) is 15.4 Å². The summed E-state index contributed by atoms with van der Waals surface area (Å²) in [6.45, 7) is 0. The van der Waals surface area contributed by atoms with E-state index in [4.69, 9.17) is 16.3 Å². The third kappa shape index (κ3) is 3.53. The second-order valence-corrected chi connectivity index (χ2v) is 6.87. The number of aromatic nitrogens is 3. The number of rotatable bonds is 4. The molecule has 1 unspecified atom stereocenters. The monoisotopic (exact) mass is 382 g/mol. The zero-order valence-corrected chi connectivity index (χ0v) is 15.6. The molecule has 6 nitrogen and oxygen atoms in total. The predicted octanol–water partition coefficient (Wildman–Crippen LogP) is 3.74. The molecule has 1 atom stereocenters. The fraction of sp³-hybridized carbons (Fsp3) is 0.250. The van der Waals surface area contributed by atoms with E-state index in [1.807, 2.05) is 35.1 Å². The zero-order valence-electron chi connectivity index (χ0n) is 14.9. The first-order valence-electron chi connectivity index (χ1n) is 8.79. The van der Waals surface area contributed by atoms with E-state index in [1.54, 1.807) is 19.2 Å². The lowest BCUT2D eigenvalue weighted by atomic mass is 9.92. The summed E-state index contributed by atoms with van der Waals surface area (Å²) in [6.07, 6.45) is 6.10. The Hall–Kier alpha value is -2.86. The number of carbonyl (C=O) groups is 1. The molecule has 7 heteroatoms. The van der Waals surface area contributed by atoms with Crippen LogP contribution < -0.4 is 10.1 Å². The van der Waals surface area contributed by atoms with Gasteiger partial charge >= 0.3 is 0 Å². The van der Waals surface area contributed by atoms with E-state index in [0.29, 0.717) is 10.7 Å². The molecular formula is C20H19ClN4O2. The normalized spacial score (nSPS) is 15.9. The third-order valence-electron chi connectivity index (χ3n) is 4.77. The Labute approximate surface area is 162 Å². The van der Waals surface area contributed by atoms with E-state index in [-0.39, 0.29) is 11.9 Å². The fourth-order valence-electron chi connectivity index (χ4n) is 3.40. The van der Waals surface area contributed by atoms with Crippen LogP contribution in [0.15, 0.2) is 48.8 Å². The Bertz CT molecular complexity index is 951. The van der Waals surface area contributed by atoms with E-state index in [1.165, 1.54) is 6.20 Å². The number of fused-ring (bicyclic) bond motifs is 1. The number of methoxy groups -OCH3 is 1. The van der Waals surface area contributed by atoms with Crippen molar-refractivity contribution in [2.24, 2.45) is 0 Å². The maximum atomic E-state index is 12.5. The first-order valence-corrected chi connectivity index (χ1v) is 9.17. The van der Waals surface area contributed by atoms with Gasteiger partial charge in [-0.3, -0.25) is 4.79 Å². The lowest BCUT2D eigenvalue weighted by molar-refractivity contribution is 0.0927. The fourth-order valence-corrected chi connectivity index (χ4v) is 3.51. The van der Waals surface area contributed by atoms with Crippen molar-refractivity contribution in [3.8, 4) is 11.4 Å². The van der Waals surface area contributed by atoms with Crippen LogP contribution in [0, 0.1) is 0 Å². The number of amides is 1. The summed E-state index contributed by atoms with van der Waals surface area (Å²) in [5, 5.41) is 8.14. The first-order chi connectivity index (χ1) is 13.2. The molecule has 2 aromatic heterocycles. The SMILES string of the molecule is COc1ccc(-n2ncc3c2CCCC3NC(=O)c2ccc(Cl)cn2)cc1. The molecule has 1 aliphatic rings. The molecule has 2 heterocycles. The van der Waals surface area contributed by atoms with Crippen LogP contribution in [0.5, 0.6) is 5.75 Å². The molecule has 0 saturated heterocycles. The van der Waals surface area contributed by atoms with Gasteiger partial charge in [0.2, 0.25) is 0 Å². The summed E-state index contributed by atoms with van der Waals surface area (Å²) in [4.78, 5) is 16.6. The van der Waals surface area contributed by atoms with Crippen LogP contribution in [-0.4, -0.2) is 27.8 Å². The van der Waals surface area contributed by atoms with Gasteiger partial charge in [-0.1, -0.05) is 11.6 Å². The molecule has 1 aromatic carbocycles. The maximum absolute atomic E-state index is 12.5. The molecule has 27 heavy (non-hydrogen) atoms. The number of nitrogens with one attached hydrogen (secondary N) is 1. The van der Waals surface area contributed by atoms with Crippen LogP contribution in [0.3, 0.4) is 0 Å². The average Bonchev–Trinajstić information content (AvgIpc) is 3.14. The van der Waals surface area contributed by atoms with Gasteiger partial charge in [-0.25, -0.2) is 9.67 Å². The molecule has 138 valence electrons. The highest BCUT2D eigenvalue weighted by Crippen LogP contribution is 2.31. The molecule has 1 N–H and O–H groups in total. The zero-order chi connectivity index (χ0) is 18.8. The van der Waals surface area contributed by atoms with E-state index in [0.717, 1.165) is 42.0 Å². The van der Waals surface area contributed by atoms with Gasteiger partial charge < -0.3 is 10.1 Å². The van der Waals surface area contributed by atoms with Gasteiger partial charge in [0, 0.05) is 17.5 Å². The predicted molar refractivity (Wildman–Crippen MR) is 103 cm³/mol. The molecule has 0 spiro atoms. The van der Waals surface area contributed by atoms with Crippen molar-refractivity contribution in [3.05, 3.63) is 70.8 Å². The Kier molecular flexibility index (Phi) is 4.81. The van der Waals surface area contributed by atoms with Gasteiger partial charge in [-0.2, -0.15) is 5.10 Å². The number of pyridine rings is 1. The Morgan fingerprint density at radius 2 is 2.04 bits per heavy atom. The minimum absolute atomic E-state index is 0.0780. The van der Waals surface area contributed by atoms with Crippen LogP contribution >= 0.6 is 11.6 Å². The largest absolute Gasteiger partial charge is 0.497 e. The van der Waals surface area contributed by atoms with Gasteiger partial charge in [0.05, 0.1) is 30.1 Å². The number of hydrogen-bond donors (Lipinski definition) is 1. The number of benzene rings is 1. The molecule has 0 aliphatic heterocycles. The molecular weight excluding hydrogens is 364 g/mol. The molecule has 0 fully saturated rings. The summed E-state index contributed by atoms with van der Waals surface area (Å²) in [5.74, 6) is 0.599. The molecule has 0 bridgehead atoms. The smallest absolute Gasteiger partial charge is 0.270 e. The second-order valence-electron chi connectivity index (χ2n) is 6.44. The summed E-state index contributed by atoms with van der Waals surface area (Å²) in [5.41, 5.74) is 3.51. The number of halogens is 1. The summed E-state index contributed by atoms with van der Waals surface area (Å²) in [6, 6.07) is 11.0. The van der Waals surface area contributed by atoms with Crippen molar-refractivity contribution in [1.29, 1.82) is 0 Å². The maximum Gasteiger partial charge on any atom is 0.270 e. The summed E-state index contributed by atoms with van der Waals surface area (Å²) >= 11 is 5.84. The molecule has 0 radical (unpaired) electrons. The average molecular weight is 383 g/mol. The minimum Gasteiger partial charge on any atom is -0.497 e. The highest BCUT2D eigenvalue weighted by Gasteiger charge is 2.26. The van der Waals surface area contributed by atoms with Crippen LogP contribution in [-0.2, 0) is 6.42 Å². The second kappa shape index (κ2) is 7.40. The Morgan fingerprint density at radius 3 is 2.74 bits per heavy atom. The Balaban J connectivity index is 1.57. The quantitative estimate of drug-likeness (QED) is 0.746. The minimum atomic E-state index is -0.207. The van der Waals surface area contributed by atoms with Gasteiger partial charge in [0.1, 0.15) is 11.4 Å². The van der Waals surface area contributed by atoms with Crippen molar-refractivity contribution in [2.75, 3.05) is 7.11 Å². The highest BCUT2D eigenvalue weighted by atomic mass is 35.5. The lowest BCUT2D eigenvalue weighted by Gasteiger charge is -2.24. The van der Waals surface area contributed by atoms with Crippen LogP contribution in [0.25, 0.3) is 5.69 Å². The van der Waals surface area contributed by atoms with E-state index < -0.39 is 0 Å². The molecule has 3 aromatic rings. The first kappa shape index (κ1) is 17.5. The van der Waals surface area contributed by atoms with Crippen LogP contribution in [0.4, 0.5) is 0 Å². The molecule has 1 aliphatic carbocycles. The van der Waals surface area contributed by atoms with Crippen LogP contribution in [0.2, 0.25) is 5.02 Å². The molecule has 0 saturated carbocycles. The topological polar surface area (TPSA) is 69.0 Å². The number of nitrogens with zero attached hydrogens (tertiary/aromatic N) is 3.